The first-order valence-electron chi connectivity index (χ1n) is 9.42. The van der Waals surface area contributed by atoms with Crippen LogP contribution in [0.25, 0.3) is 0 Å². The van der Waals surface area contributed by atoms with Gasteiger partial charge in [-0.2, -0.15) is 30.7 Å². The van der Waals surface area contributed by atoms with Gasteiger partial charge in [0.05, 0.1) is 18.4 Å². The molecule has 0 unspecified atom stereocenters. The lowest BCUT2D eigenvalue weighted by molar-refractivity contribution is -0.359. The number of halogens is 8. The van der Waals surface area contributed by atoms with Crippen molar-refractivity contribution in [1.29, 1.82) is 5.41 Å². The van der Waals surface area contributed by atoms with Gasteiger partial charge in [0, 0.05) is 23.7 Å². The number of anilines is 2. The summed E-state index contributed by atoms with van der Waals surface area (Å²) in [6.07, 6.45) is -6.74. The van der Waals surface area contributed by atoms with Gasteiger partial charge in [0.2, 0.25) is 0 Å². The number of nitrogens with zero attached hydrogens (tertiary/aromatic N) is 2. The number of amidine groups is 1. The fourth-order valence-electron chi connectivity index (χ4n) is 2.58. The Bertz CT molecular complexity index is 1160. The lowest BCUT2D eigenvalue weighted by Crippen LogP contribution is -2.50. The van der Waals surface area contributed by atoms with Gasteiger partial charge in [-0.25, -0.2) is 15.2 Å². The largest absolute Gasteiger partial charge is 0.460 e. The van der Waals surface area contributed by atoms with E-state index in [9.17, 15) is 39.9 Å². The summed E-state index contributed by atoms with van der Waals surface area (Å²) in [5.74, 6) is -10.8. The number of alkyl halides is 7. The molecule has 2 rings (SSSR count). The monoisotopic (exact) mass is 546 g/mol. The van der Waals surface area contributed by atoms with Crippen LogP contribution in [0.15, 0.2) is 29.3 Å². The zero-order valence-electron chi connectivity index (χ0n) is 18.5. The second kappa shape index (κ2) is 10.4. The number of carbonyl (C=O) groups excluding carboxylic acids is 1. The number of nitrogens with two attached hydrogens (primary N) is 1. The summed E-state index contributed by atoms with van der Waals surface area (Å²) < 4.78 is 106. The Kier molecular flexibility index (Phi) is 8.42. The van der Waals surface area contributed by atoms with Gasteiger partial charge < -0.3 is 5.32 Å². The molecule has 5 N–H and O–H groups in total. The maximum Gasteiger partial charge on any atom is 0.460 e. The second-order valence-corrected chi connectivity index (χ2v) is 8.17. The predicted octanol–water partition coefficient (Wildman–Crippen LogP) is 4.88. The molecule has 198 valence electrons. The van der Waals surface area contributed by atoms with E-state index < -0.39 is 41.1 Å². The van der Waals surface area contributed by atoms with Crippen molar-refractivity contribution >= 4 is 34.3 Å². The van der Waals surface area contributed by atoms with E-state index in [0.717, 1.165) is 16.8 Å². The molecule has 0 saturated carbocycles. The van der Waals surface area contributed by atoms with Gasteiger partial charge in [0.1, 0.15) is 0 Å². The third-order valence-corrected chi connectivity index (χ3v) is 5.54. The summed E-state index contributed by atoms with van der Waals surface area (Å²) in [5.41, 5.74) is 1.05. The van der Waals surface area contributed by atoms with E-state index >= 15 is 0 Å². The van der Waals surface area contributed by atoms with Gasteiger partial charge in [0.25, 0.3) is 5.91 Å². The summed E-state index contributed by atoms with van der Waals surface area (Å²) in [5, 5.41) is 10.5. The molecule has 0 atom stereocenters. The van der Waals surface area contributed by atoms with Crippen molar-refractivity contribution in [1.82, 2.24) is 9.99 Å². The molecule has 0 saturated heterocycles. The quantitative estimate of drug-likeness (QED) is 0.0978. The molecule has 8 nitrogen and oxygen atoms in total. The number of pyridine rings is 1. The van der Waals surface area contributed by atoms with Gasteiger partial charge in [-0.15, -0.1) is 0 Å². The van der Waals surface area contributed by atoms with E-state index in [1.165, 1.54) is 26.3 Å². The first-order chi connectivity index (χ1) is 16.4. The Balaban J connectivity index is 2.45. The first kappa shape index (κ1) is 29.1. The molecule has 36 heavy (non-hydrogen) atoms. The highest BCUT2D eigenvalue weighted by molar-refractivity contribution is 8.13. The third kappa shape index (κ3) is 5.79. The van der Waals surface area contributed by atoms with Crippen LogP contribution in [0.2, 0.25) is 0 Å². The van der Waals surface area contributed by atoms with Crippen molar-refractivity contribution in [3.8, 4) is 0 Å². The van der Waals surface area contributed by atoms with Crippen LogP contribution in [0.5, 0.6) is 0 Å². The summed E-state index contributed by atoms with van der Waals surface area (Å²) >= 11 is 0.725. The van der Waals surface area contributed by atoms with Gasteiger partial charge in [0.15, 0.2) is 16.8 Å². The minimum absolute atomic E-state index is 0.111. The number of nitrogens with one attached hydrogen (secondary N) is 3. The first-order valence-corrected chi connectivity index (χ1v) is 10.2. The topological polar surface area (TPSA) is 116 Å². The van der Waals surface area contributed by atoms with Crippen LogP contribution in [0.1, 0.15) is 21.5 Å². The molecule has 1 heterocycles. The van der Waals surface area contributed by atoms with E-state index in [1.807, 2.05) is 5.32 Å². The lowest BCUT2D eigenvalue weighted by Gasteiger charge is -2.28. The highest BCUT2D eigenvalue weighted by Gasteiger charge is 2.73. The van der Waals surface area contributed by atoms with Crippen LogP contribution in [0.4, 0.5) is 46.6 Å². The second-order valence-electron chi connectivity index (χ2n) is 7.14. The molecule has 17 heteroatoms. The molecule has 0 aliphatic rings. The molecule has 0 aliphatic carbocycles. The summed E-state index contributed by atoms with van der Waals surface area (Å²) in [6, 6.07) is 2.40. The van der Waals surface area contributed by atoms with Crippen LogP contribution in [-0.4, -0.2) is 47.3 Å². The average Bonchev–Trinajstić information content (AvgIpc) is 2.75. The molecule has 2 aromatic rings. The SMILES string of the molecule is CONc1cc(C(=O)Nc2ncc(C(F)(F)C(F)(F)C(F)(F)F)cc2F)c(SC(=N)N(C)N)cc1C. The molecular weight excluding hydrogens is 528 g/mol. The van der Waals surface area contributed by atoms with E-state index in [-0.39, 0.29) is 33.6 Å². The Hall–Kier alpha value is -3.18. The minimum Gasteiger partial charge on any atom is -0.304 e. The number of carbonyl (C=O) groups is 1. The highest BCUT2D eigenvalue weighted by atomic mass is 32.2. The Labute approximate surface area is 202 Å². The van der Waals surface area contributed by atoms with E-state index in [1.54, 1.807) is 6.92 Å². The third-order valence-electron chi connectivity index (χ3n) is 4.50. The van der Waals surface area contributed by atoms with Crippen molar-refractivity contribution in [2.24, 2.45) is 5.84 Å². The van der Waals surface area contributed by atoms with Gasteiger partial charge in [-0.05, 0) is 30.7 Å². The van der Waals surface area contributed by atoms with Crippen LogP contribution < -0.4 is 16.6 Å². The van der Waals surface area contributed by atoms with Crippen molar-refractivity contribution in [2.45, 2.75) is 29.8 Å². The number of benzene rings is 1. The Morgan fingerprint density at radius 1 is 1.17 bits per heavy atom. The van der Waals surface area contributed by atoms with Gasteiger partial charge in [-0.3, -0.25) is 25.5 Å². The fourth-order valence-corrected chi connectivity index (χ4v) is 3.42. The normalized spacial score (nSPS) is 12.3. The van der Waals surface area contributed by atoms with Crippen molar-refractivity contribution in [2.75, 3.05) is 25.0 Å². The zero-order valence-corrected chi connectivity index (χ0v) is 19.3. The maximum atomic E-state index is 14.4. The standard InChI is InChI=1S/C19H18F8N6O2S/c1-8-4-13(36-16(28)33(2)29)10(6-12(8)32-35-3)15(34)31-14-11(20)5-9(7-30-14)17(21,22)18(23,24)19(25,26)27/h4-7,28,32H,29H2,1-3H3,(H,30,31,34). The summed E-state index contributed by atoms with van der Waals surface area (Å²) in [6.45, 7) is 1.62. The summed E-state index contributed by atoms with van der Waals surface area (Å²) in [7, 11) is 2.63. The van der Waals surface area contributed by atoms with Crippen molar-refractivity contribution < 1.29 is 44.8 Å². The smallest absolute Gasteiger partial charge is 0.304 e. The van der Waals surface area contributed by atoms with Crippen LogP contribution in [-0.2, 0) is 10.8 Å². The number of hydrogen-bond acceptors (Lipinski definition) is 7. The fraction of sp³-hybridized carbons (Fsp3) is 0.316. The number of rotatable bonds is 7. The van der Waals surface area contributed by atoms with Crippen LogP contribution in [0, 0.1) is 18.2 Å². The molecule has 1 amide bonds. The molecule has 0 spiro atoms. The number of aromatic nitrogens is 1. The van der Waals surface area contributed by atoms with E-state index in [2.05, 4.69) is 10.5 Å². The number of hydrazine groups is 1. The highest BCUT2D eigenvalue weighted by Crippen LogP contribution is 2.51. The zero-order chi connectivity index (χ0) is 27.6. The lowest BCUT2D eigenvalue weighted by atomic mass is 10.0. The van der Waals surface area contributed by atoms with E-state index in [0.29, 0.717) is 5.56 Å². The molecular formula is C19H18F8N6O2S. The predicted molar refractivity (Wildman–Crippen MR) is 114 cm³/mol. The minimum atomic E-state index is -6.63. The van der Waals surface area contributed by atoms with Crippen molar-refractivity contribution in [3.63, 3.8) is 0 Å². The number of thioether (sulfide) groups is 1. The summed E-state index contributed by atoms with van der Waals surface area (Å²) in [4.78, 5) is 20.9. The number of hydrogen-bond donors (Lipinski definition) is 4. The molecule has 0 radical (unpaired) electrons. The average molecular weight is 546 g/mol. The van der Waals surface area contributed by atoms with Gasteiger partial charge in [-0.1, -0.05) is 11.8 Å². The number of amides is 1. The molecule has 0 fully saturated rings. The van der Waals surface area contributed by atoms with Crippen molar-refractivity contribution in [3.05, 3.63) is 46.9 Å². The molecule has 0 aliphatic heterocycles. The van der Waals surface area contributed by atoms with E-state index in [4.69, 9.17) is 16.1 Å². The van der Waals surface area contributed by atoms with Crippen LogP contribution in [0.3, 0.4) is 0 Å². The molecule has 1 aromatic heterocycles. The molecule has 1 aromatic carbocycles. The van der Waals surface area contributed by atoms with Crippen LogP contribution >= 0.6 is 11.8 Å². The Morgan fingerprint density at radius 3 is 2.28 bits per heavy atom. The number of aryl methyl sites for hydroxylation is 1. The van der Waals surface area contributed by atoms with Gasteiger partial charge >= 0.3 is 18.0 Å². The molecule has 0 bridgehead atoms. The Morgan fingerprint density at radius 2 is 1.78 bits per heavy atom. The maximum absolute atomic E-state index is 14.4.